The Bertz CT molecular complexity index is 4220. The van der Waals surface area contributed by atoms with Gasteiger partial charge in [0.1, 0.15) is 0 Å². The van der Waals surface area contributed by atoms with Crippen molar-refractivity contribution in [1.82, 2.24) is 8.97 Å². The second-order valence-electron chi connectivity index (χ2n) is 17.9. The minimum atomic E-state index is -0.430. The zero-order chi connectivity index (χ0) is 42.5. The maximum atomic E-state index is 14.2. The van der Waals surface area contributed by atoms with Crippen molar-refractivity contribution >= 4 is 59.8 Å². The summed E-state index contributed by atoms with van der Waals surface area (Å²) in [7, 11) is 0. The molecular weight excluding hydrogens is 789 g/mol. The van der Waals surface area contributed by atoms with Gasteiger partial charge in [-0.2, -0.15) is 0 Å². The lowest BCUT2D eigenvalue weighted by Crippen LogP contribution is -2.25. The number of nitrogens with zero attached hydrogens (tertiary/aromatic N) is 2. The summed E-state index contributed by atoms with van der Waals surface area (Å²) in [5.41, 5.74) is 20.0. The van der Waals surface area contributed by atoms with Gasteiger partial charge in [0, 0.05) is 37.9 Å². The van der Waals surface area contributed by atoms with Crippen molar-refractivity contribution in [3.63, 3.8) is 0 Å². The van der Waals surface area contributed by atoms with E-state index in [1.54, 1.807) is 0 Å². The largest absolute Gasteiger partial charge is 0.309 e. The van der Waals surface area contributed by atoms with Gasteiger partial charge in [0.2, 0.25) is 0 Å². The summed E-state index contributed by atoms with van der Waals surface area (Å²) in [6.07, 6.45) is 0. The van der Waals surface area contributed by atoms with E-state index in [2.05, 4.69) is 205 Å². The van der Waals surface area contributed by atoms with Crippen molar-refractivity contribution in [2.45, 2.75) is 5.41 Å². The van der Waals surface area contributed by atoms with E-state index in [1.807, 2.05) is 22.6 Å². The second-order valence-corrected chi connectivity index (χ2v) is 17.9. The standard InChI is InChI=1S/C62H36N2O/c65-61-48-22-5-4-17-41(48)46-23-14-24-47-50-33-38(30-32-57(50)64(61)60(46)47)39-29-31-40(37-15-2-1-3-16-37)58(34-39)63-56-28-13-9-21-45(56)51-35-55-49(36-59(51)63)44-20-8-12-27-54(44)62(55)52-25-10-6-18-42(52)43-19-7-11-26-53(43)62/h1-36H. The minimum absolute atomic E-state index is 0.0225. The van der Waals surface area contributed by atoms with Gasteiger partial charge >= 0.3 is 0 Å². The van der Waals surface area contributed by atoms with Crippen molar-refractivity contribution in [3.05, 3.63) is 251 Å². The van der Waals surface area contributed by atoms with Gasteiger partial charge in [-0.1, -0.05) is 176 Å². The Kier molecular flexibility index (Phi) is 6.76. The number of benzene rings is 10. The van der Waals surface area contributed by atoms with Gasteiger partial charge < -0.3 is 4.57 Å². The van der Waals surface area contributed by atoms with Gasteiger partial charge in [0.05, 0.1) is 33.2 Å². The fourth-order valence-electron chi connectivity index (χ4n) is 12.3. The van der Waals surface area contributed by atoms with Gasteiger partial charge in [-0.3, -0.25) is 9.20 Å². The molecule has 10 aromatic carbocycles. The smallest absolute Gasteiger partial charge is 0.263 e. The molecule has 3 nitrogen and oxygen atoms in total. The van der Waals surface area contributed by atoms with Crippen LogP contribution in [0.5, 0.6) is 0 Å². The van der Waals surface area contributed by atoms with E-state index in [-0.39, 0.29) is 5.56 Å². The Morgan fingerprint density at radius 3 is 1.60 bits per heavy atom. The molecule has 0 amide bonds. The van der Waals surface area contributed by atoms with E-state index in [0.717, 1.165) is 71.4 Å². The number of para-hydroxylation sites is 2. The van der Waals surface area contributed by atoms with E-state index in [0.29, 0.717) is 0 Å². The maximum absolute atomic E-state index is 14.2. The number of aromatic nitrogens is 2. The number of fused-ring (bicyclic) bond motifs is 18. The summed E-state index contributed by atoms with van der Waals surface area (Å²) in [6.45, 7) is 0. The summed E-state index contributed by atoms with van der Waals surface area (Å²) in [5.74, 6) is 0. The molecule has 3 aromatic heterocycles. The van der Waals surface area contributed by atoms with Gasteiger partial charge in [0.25, 0.3) is 5.56 Å². The number of pyridine rings is 1. The topological polar surface area (TPSA) is 26.4 Å². The van der Waals surface area contributed by atoms with Crippen LogP contribution in [0.15, 0.2) is 223 Å². The molecule has 65 heavy (non-hydrogen) atoms. The molecule has 15 rings (SSSR count). The van der Waals surface area contributed by atoms with Gasteiger partial charge in [-0.25, -0.2) is 0 Å². The van der Waals surface area contributed by atoms with Crippen LogP contribution in [0.25, 0.3) is 110 Å². The molecule has 0 bridgehead atoms. The molecule has 2 aliphatic carbocycles. The van der Waals surface area contributed by atoms with E-state index >= 15 is 0 Å². The quantitative estimate of drug-likeness (QED) is 0.163. The molecule has 0 fully saturated rings. The lowest BCUT2D eigenvalue weighted by Gasteiger charge is -2.30. The molecule has 13 aromatic rings. The van der Waals surface area contributed by atoms with Crippen LogP contribution >= 0.6 is 0 Å². The van der Waals surface area contributed by atoms with Crippen LogP contribution in [0.2, 0.25) is 0 Å². The summed E-state index contributed by atoms with van der Waals surface area (Å²) in [5, 5.41) is 7.45. The first-order chi connectivity index (χ1) is 32.2. The third-order valence-electron chi connectivity index (χ3n) is 14.9. The third kappa shape index (κ3) is 4.37. The molecule has 0 aliphatic heterocycles. The van der Waals surface area contributed by atoms with Crippen LogP contribution in [-0.4, -0.2) is 8.97 Å². The first-order valence-corrected chi connectivity index (χ1v) is 22.5. The van der Waals surface area contributed by atoms with Crippen LogP contribution < -0.4 is 5.56 Å². The van der Waals surface area contributed by atoms with Crippen LogP contribution in [0.3, 0.4) is 0 Å². The first kappa shape index (κ1) is 35.0. The Hall–Kier alpha value is -8.53. The molecule has 1 spiro atoms. The Morgan fingerprint density at radius 1 is 0.308 bits per heavy atom. The summed E-state index contributed by atoms with van der Waals surface area (Å²) >= 11 is 0. The molecular formula is C62H36N2O. The van der Waals surface area contributed by atoms with Crippen LogP contribution in [-0.2, 0) is 5.41 Å². The number of rotatable bonds is 3. The van der Waals surface area contributed by atoms with Gasteiger partial charge in [0.15, 0.2) is 0 Å². The minimum Gasteiger partial charge on any atom is -0.309 e. The van der Waals surface area contributed by atoms with E-state index in [1.165, 1.54) is 60.8 Å². The predicted molar refractivity (Wildman–Crippen MR) is 269 cm³/mol. The van der Waals surface area contributed by atoms with Gasteiger partial charge in [-0.15, -0.1) is 0 Å². The zero-order valence-electron chi connectivity index (χ0n) is 35.1. The molecule has 3 heterocycles. The summed E-state index contributed by atoms with van der Waals surface area (Å²) < 4.78 is 4.44. The van der Waals surface area contributed by atoms with Crippen LogP contribution in [0, 0.1) is 0 Å². The van der Waals surface area contributed by atoms with Crippen molar-refractivity contribution in [2.24, 2.45) is 0 Å². The maximum Gasteiger partial charge on any atom is 0.263 e. The van der Waals surface area contributed by atoms with Crippen molar-refractivity contribution < 1.29 is 0 Å². The Labute approximate surface area is 373 Å². The molecule has 0 atom stereocenters. The van der Waals surface area contributed by atoms with Crippen LogP contribution in [0.4, 0.5) is 0 Å². The highest BCUT2D eigenvalue weighted by Crippen LogP contribution is 2.63. The normalized spacial score (nSPS) is 13.4. The molecule has 2 aliphatic rings. The second kappa shape index (κ2) is 12.6. The number of hydrogen-bond acceptors (Lipinski definition) is 1. The molecule has 0 saturated heterocycles. The SMILES string of the molecule is O=c1c2ccccc2c2cccc3c4cc(-c5ccc(-c6ccccc6)c(-n6c7ccccc7c7cc8c(cc76)-c6ccccc6C86c7ccccc7-c7ccccc76)c5)ccc4n1c23. The Balaban J connectivity index is 1.01. The third-order valence-corrected chi connectivity index (χ3v) is 14.9. The number of hydrogen-bond donors (Lipinski definition) is 0. The monoisotopic (exact) mass is 824 g/mol. The summed E-state index contributed by atoms with van der Waals surface area (Å²) in [6, 6.07) is 79.8. The van der Waals surface area contributed by atoms with Crippen molar-refractivity contribution in [1.29, 1.82) is 0 Å². The van der Waals surface area contributed by atoms with E-state index in [9.17, 15) is 4.79 Å². The fraction of sp³-hybridized carbons (Fsp3) is 0.0161. The highest BCUT2D eigenvalue weighted by molar-refractivity contribution is 6.21. The van der Waals surface area contributed by atoms with Gasteiger partial charge in [-0.05, 0) is 109 Å². The first-order valence-electron chi connectivity index (χ1n) is 22.5. The Morgan fingerprint density at radius 2 is 0.862 bits per heavy atom. The zero-order valence-corrected chi connectivity index (χ0v) is 35.1. The van der Waals surface area contributed by atoms with E-state index in [4.69, 9.17) is 0 Å². The average molecular weight is 825 g/mol. The van der Waals surface area contributed by atoms with Crippen molar-refractivity contribution in [3.8, 4) is 50.2 Å². The highest BCUT2D eigenvalue weighted by atomic mass is 16.1. The molecule has 0 saturated carbocycles. The molecule has 0 N–H and O–H groups in total. The lowest BCUT2D eigenvalue weighted by molar-refractivity contribution is 0.795. The molecule has 0 unspecified atom stereocenters. The highest BCUT2D eigenvalue weighted by Gasteiger charge is 2.51. The van der Waals surface area contributed by atoms with Crippen LogP contribution in [0.1, 0.15) is 22.3 Å². The predicted octanol–water partition coefficient (Wildman–Crippen LogP) is 15.0. The lowest BCUT2D eigenvalue weighted by atomic mass is 9.70. The van der Waals surface area contributed by atoms with Crippen molar-refractivity contribution in [2.75, 3.05) is 0 Å². The van der Waals surface area contributed by atoms with E-state index < -0.39 is 5.41 Å². The molecule has 3 heteroatoms. The molecule has 300 valence electrons. The average Bonchev–Trinajstić information content (AvgIpc) is 4.07. The fourth-order valence-corrected chi connectivity index (χ4v) is 12.3. The molecule has 0 radical (unpaired) electrons. The summed E-state index contributed by atoms with van der Waals surface area (Å²) in [4.78, 5) is 14.2.